The van der Waals surface area contributed by atoms with Crippen molar-refractivity contribution in [2.24, 2.45) is 17.8 Å². The van der Waals surface area contributed by atoms with Gasteiger partial charge in [0, 0.05) is 35.6 Å². The minimum absolute atomic E-state index is 0.396. The van der Waals surface area contributed by atoms with Crippen LogP contribution in [0.25, 0.3) is 17.2 Å². The first kappa shape index (κ1) is 23.1. The number of ether oxygens (including phenoxy) is 1. The average Bonchev–Trinajstić information content (AvgIpc) is 3.04. The second-order valence-electron chi connectivity index (χ2n) is 9.25. The Bertz CT molecular complexity index is 1120. The third-order valence-electron chi connectivity index (χ3n) is 7.30. The van der Waals surface area contributed by atoms with Crippen LogP contribution >= 0.6 is 0 Å². The molecule has 1 aromatic heterocycles. The summed E-state index contributed by atoms with van der Waals surface area (Å²) in [7, 11) is 3.33. The average molecular weight is 452 g/mol. The van der Waals surface area contributed by atoms with Crippen LogP contribution in [0.1, 0.15) is 31.5 Å². The molecule has 5 atom stereocenters. The van der Waals surface area contributed by atoms with E-state index in [4.69, 9.17) is 4.74 Å². The molecular weight excluding hydrogens is 424 g/mol. The number of nitriles is 1. The number of carbonyl (C=O) groups is 1. The Morgan fingerprint density at radius 1 is 1.21 bits per heavy atom. The maximum absolute atomic E-state index is 15.1. The van der Waals surface area contributed by atoms with Gasteiger partial charge in [-0.2, -0.15) is 5.26 Å². The van der Waals surface area contributed by atoms with Crippen molar-refractivity contribution in [2.45, 2.75) is 37.8 Å². The number of hydrogen-bond donors (Lipinski definition) is 0. The number of fused-ring (bicyclic) bond motifs is 1. The molecule has 0 amide bonds. The lowest BCUT2D eigenvalue weighted by atomic mass is 9.60. The lowest BCUT2D eigenvalue weighted by Crippen LogP contribution is -2.64. The number of allylic oxidation sites excluding steroid dienone is 1. The zero-order chi connectivity index (χ0) is 24.0. The molecule has 2 heterocycles. The van der Waals surface area contributed by atoms with Crippen LogP contribution in [0.15, 0.2) is 48.7 Å². The van der Waals surface area contributed by atoms with Crippen molar-refractivity contribution in [1.82, 2.24) is 9.88 Å². The van der Waals surface area contributed by atoms with E-state index in [1.165, 1.54) is 0 Å². The fourth-order valence-corrected chi connectivity index (χ4v) is 5.43. The van der Waals surface area contributed by atoms with E-state index < -0.39 is 47.7 Å². The Hall–Kier alpha value is -3.11. The van der Waals surface area contributed by atoms with Gasteiger partial charge in [-0.25, -0.2) is 8.78 Å². The Labute approximate surface area is 192 Å². The molecule has 0 bridgehead atoms. The van der Waals surface area contributed by atoms with E-state index in [2.05, 4.69) is 11.1 Å². The van der Waals surface area contributed by atoms with E-state index in [0.29, 0.717) is 11.3 Å². The normalized spacial score (nSPS) is 30.8. The largest absolute Gasteiger partial charge is 0.461 e. The number of rotatable bonds is 4. The number of aromatic nitrogens is 1. The number of carbonyl (C=O) groups excluding carboxylic acids is 1. The molecule has 5 nitrogen and oxygen atoms in total. The number of hydrogen-bond acceptors (Lipinski definition) is 5. The molecule has 2 fully saturated rings. The molecule has 1 saturated carbocycles. The van der Waals surface area contributed by atoms with Gasteiger partial charge in [0.15, 0.2) is 0 Å². The summed E-state index contributed by atoms with van der Waals surface area (Å²) >= 11 is 0. The predicted molar refractivity (Wildman–Crippen MR) is 121 cm³/mol. The lowest BCUT2D eigenvalue weighted by molar-refractivity contribution is -0.173. The second-order valence-corrected chi connectivity index (χ2v) is 9.25. The van der Waals surface area contributed by atoms with Crippen molar-refractivity contribution in [2.75, 3.05) is 14.1 Å². The van der Waals surface area contributed by atoms with Gasteiger partial charge in [0.2, 0.25) is 0 Å². The van der Waals surface area contributed by atoms with Crippen LogP contribution in [-0.2, 0) is 9.53 Å². The number of halogens is 2. The maximum atomic E-state index is 15.1. The number of cyclic esters (lactones) is 1. The van der Waals surface area contributed by atoms with Gasteiger partial charge in [-0.1, -0.05) is 37.3 Å². The monoisotopic (exact) mass is 451 g/mol. The SMILES string of the molecule is C[C@H]1OC(=O)[C@]2(N(C)C)CC(F)(F)[C@@H](C)[C@H](/C=C/c3ccc(-c4ccccc4C#N)cn3)[C@H]12. The Kier molecular flexibility index (Phi) is 5.83. The third-order valence-corrected chi connectivity index (χ3v) is 7.30. The Morgan fingerprint density at radius 3 is 2.58 bits per heavy atom. The summed E-state index contributed by atoms with van der Waals surface area (Å²) in [5.41, 5.74) is 1.40. The van der Waals surface area contributed by atoms with E-state index in [1.807, 2.05) is 18.2 Å². The predicted octanol–water partition coefficient (Wildman–Crippen LogP) is 4.79. The molecule has 0 radical (unpaired) electrons. The van der Waals surface area contributed by atoms with Crippen LogP contribution in [0.2, 0.25) is 0 Å². The molecule has 0 N–H and O–H groups in total. The first-order chi connectivity index (χ1) is 15.6. The van der Waals surface area contributed by atoms with Crippen LogP contribution in [0, 0.1) is 29.1 Å². The second kappa shape index (κ2) is 8.35. The molecule has 2 aliphatic rings. The van der Waals surface area contributed by atoms with Crippen molar-refractivity contribution < 1.29 is 18.3 Å². The van der Waals surface area contributed by atoms with Gasteiger partial charge in [-0.15, -0.1) is 0 Å². The van der Waals surface area contributed by atoms with Crippen LogP contribution < -0.4 is 0 Å². The number of pyridine rings is 1. The smallest absolute Gasteiger partial charge is 0.327 e. The highest BCUT2D eigenvalue weighted by molar-refractivity contribution is 5.84. The summed E-state index contributed by atoms with van der Waals surface area (Å²) in [5.74, 6) is -5.51. The van der Waals surface area contributed by atoms with Crippen molar-refractivity contribution in [3.8, 4) is 17.2 Å². The molecule has 1 aromatic carbocycles. The van der Waals surface area contributed by atoms with Gasteiger partial charge < -0.3 is 4.74 Å². The summed E-state index contributed by atoms with van der Waals surface area (Å²) in [6, 6.07) is 13.1. The van der Waals surface area contributed by atoms with Crippen LogP contribution in [0.3, 0.4) is 0 Å². The highest BCUT2D eigenvalue weighted by atomic mass is 19.3. The molecule has 1 aliphatic heterocycles. The molecule has 1 aliphatic carbocycles. The zero-order valence-electron chi connectivity index (χ0n) is 19.1. The molecule has 0 unspecified atom stereocenters. The first-order valence-electron chi connectivity index (χ1n) is 11.0. The minimum Gasteiger partial charge on any atom is -0.461 e. The van der Waals surface area contributed by atoms with Gasteiger partial charge in [0.25, 0.3) is 5.92 Å². The van der Waals surface area contributed by atoms with Crippen LogP contribution in [-0.4, -0.2) is 47.5 Å². The van der Waals surface area contributed by atoms with E-state index >= 15 is 8.78 Å². The van der Waals surface area contributed by atoms with E-state index in [9.17, 15) is 10.1 Å². The van der Waals surface area contributed by atoms with E-state index in [0.717, 1.165) is 11.1 Å². The fourth-order valence-electron chi connectivity index (χ4n) is 5.43. The van der Waals surface area contributed by atoms with Gasteiger partial charge >= 0.3 is 5.97 Å². The van der Waals surface area contributed by atoms with Gasteiger partial charge in [0.1, 0.15) is 11.6 Å². The minimum atomic E-state index is -3.02. The highest BCUT2D eigenvalue weighted by Gasteiger charge is 2.69. The van der Waals surface area contributed by atoms with Crippen molar-refractivity contribution in [3.63, 3.8) is 0 Å². The lowest BCUT2D eigenvalue weighted by Gasteiger charge is -2.50. The molecule has 1 saturated heterocycles. The van der Waals surface area contributed by atoms with Gasteiger partial charge in [0.05, 0.1) is 17.3 Å². The number of likely N-dealkylation sites (N-methyl/N-ethyl adjacent to an activating group) is 1. The summed E-state index contributed by atoms with van der Waals surface area (Å²) in [4.78, 5) is 18.8. The van der Waals surface area contributed by atoms with E-state index in [-0.39, 0.29) is 0 Å². The van der Waals surface area contributed by atoms with Gasteiger partial charge in [-0.05, 0) is 45.1 Å². The Balaban J connectivity index is 1.66. The van der Waals surface area contributed by atoms with Crippen molar-refractivity contribution >= 4 is 12.0 Å². The molecule has 4 rings (SSSR count). The zero-order valence-corrected chi connectivity index (χ0v) is 19.1. The van der Waals surface area contributed by atoms with Crippen LogP contribution in [0.4, 0.5) is 8.78 Å². The molecular formula is C26H27F2N3O2. The molecule has 7 heteroatoms. The quantitative estimate of drug-likeness (QED) is 0.626. The number of alkyl halides is 2. The molecule has 172 valence electrons. The molecule has 0 spiro atoms. The Morgan fingerprint density at radius 2 is 1.94 bits per heavy atom. The van der Waals surface area contributed by atoms with Crippen LogP contribution in [0.5, 0.6) is 0 Å². The van der Waals surface area contributed by atoms with Crippen molar-refractivity contribution in [1.29, 1.82) is 5.26 Å². The standard InChI is InChI=1S/C26H27F2N3O2/c1-16-21(23-17(2)33-24(32)25(23,31(3)4)15-26(16,27)28)12-11-20-10-9-19(14-30-20)22-8-6-5-7-18(22)13-29/h5-12,14,16-17,21,23H,15H2,1-4H3/b12-11+/t16-,17+,21-,23-,25-/m0/s1. The first-order valence-corrected chi connectivity index (χ1v) is 11.0. The third kappa shape index (κ3) is 3.72. The highest BCUT2D eigenvalue weighted by Crippen LogP contribution is 2.56. The van der Waals surface area contributed by atoms with E-state index in [1.54, 1.807) is 69.4 Å². The van der Waals surface area contributed by atoms with Gasteiger partial charge in [-0.3, -0.25) is 14.7 Å². The maximum Gasteiger partial charge on any atom is 0.327 e. The fraction of sp³-hybridized carbons (Fsp3) is 0.423. The molecule has 2 aromatic rings. The summed E-state index contributed by atoms with van der Waals surface area (Å²) in [6.45, 7) is 3.32. The number of nitrogens with zero attached hydrogens (tertiary/aromatic N) is 3. The molecule has 33 heavy (non-hydrogen) atoms. The summed E-state index contributed by atoms with van der Waals surface area (Å²) < 4.78 is 35.7. The summed E-state index contributed by atoms with van der Waals surface area (Å²) in [5, 5.41) is 9.32. The number of benzene rings is 1. The van der Waals surface area contributed by atoms with Crippen molar-refractivity contribution in [3.05, 3.63) is 59.9 Å². The summed E-state index contributed by atoms with van der Waals surface area (Å²) in [6.07, 6.45) is 4.15. The number of esters is 1. The topological polar surface area (TPSA) is 66.2 Å².